The van der Waals surface area contributed by atoms with Crippen molar-refractivity contribution in [3.63, 3.8) is 0 Å². The van der Waals surface area contributed by atoms with E-state index in [2.05, 4.69) is 6.07 Å². The van der Waals surface area contributed by atoms with Gasteiger partial charge in [0.25, 0.3) is 0 Å². The second-order valence-corrected chi connectivity index (χ2v) is 7.74. The number of carbonyl (C=O) groups is 1. The Morgan fingerprint density at radius 1 is 1.39 bits per heavy atom. The van der Waals surface area contributed by atoms with Gasteiger partial charge in [-0.25, -0.2) is 4.79 Å². The Morgan fingerprint density at radius 2 is 2.04 bits per heavy atom. The van der Waals surface area contributed by atoms with Crippen LogP contribution >= 0.6 is 11.6 Å². The minimum atomic E-state index is -0.448. The Hall–Kier alpha value is -1.26. The molecule has 1 amide bonds. The topological polar surface area (TPSA) is 55.6 Å². The number of nitrogens with zero attached hydrogens (tertiary/aromatic N) is 1. The molecule has 1 aromatic rings. The first kappa shape index (κ1) is 18.1. The fourth-order valence-electron chi connectivity index (χ4n) is 2.94. The van der Waals surface area contributed by atoms with Crippen LogP contribution in [0.4, 0.5) is 4.79 Å². The van der Waals surface area contributed by atoms with Crippen LogP contribution < -0.4 is 5.73 Å². The van der Waals surface area contributed by atoms with Gasteiger partial charge in [0.2, 0.25) is 0 Å². The summed E-state index contributed by atoms with van der Waals surface area (Å²) in [4.78, 5) is 13.9. The third-order valence-electron chi connectivity index (χ3n) is 4.16. The van der Waals surface area contributed by atoms with Crippen LogP contribution in [0.5, 0.6) is 0 Å². The highest BCUT2D eigenvalue weighted by molar-refractivity contribution is 6.30. The summed E-state index contributed by atoms with van der Waals surface area (Å²) in [7, 11) is 0. The van der Waals surface area contributed by atoms with Gasteiger partial charge in [0.1, 0.15) is 5.60 Å². The summed E-state index contributed by atoms with van der Waals surface area (Å²) in [6.45, 7) is 7.08. The van der Waals surface area contributed by atoms with Gasteiger partial charge in [-0.15, -0.1) is 0 Å². The van der Waals surface area contributed by atoms with Crippen molar-refractivity contribution in [2.24, 2.45) is 11.7 Å². The van der Waals surface area contributed by atoms with E-state index < -0.39 is 5.60 Å². The summed E-state index contributed by atoms with van der Waals surface area (Å²) in [6.07, 6.45) is 2.43. The lowest BCUT2D eigenvalue weighted by Gasteiger charge is -2.35. The summed E-state index contributed by atoms with van der Waals surface area (Å²) in [5, 5.41) is 0.745. The quantitative estimate of drug-likeness (QED) is 0.910. The van der Waals surface area contributed by atoms with Crippen LogP contribution in [-0.2, 0) is 11.2 Å². The first-order valence-electron chi connectivity index (χ1n) is 8.22. The van der Waals surface area contributed by atoms with Crippen molar-refractivity contribution >= 4 is 17.7 Å². The molecule has 1 aliphatic rings. The lowest BCUT2D eigenvalue weighted by atomic mass is 9.86. The number of ether oxygens (including phenoxy) is 1. The third kappa shape index (κ3) is 5.70. The van der Waals surface area contributed by atoms with Crippen LogP contribution in [0.25, 0.3) is 0 Å². The van der Waals surface area contributed by atoms with Crippen molar-refractivity contribution in [3.8, 4) is 0 Å². The minimum Gasteiger partial charge on any atom is -0.444 e. The Balaban J connectivity index is 1.83. The van der Waals surface area contributed by atoms with Gasteiger partial charge in [-0.3, -0.25) is 0 Å². The fourth-order valence-corrected chi connectivity index (χ4v) is 3.15. The van der Waals surface area contributed by atoms with Crippen molar-refractivity contribution in [3.05, 3.63) is 34.9 Å². The highest BCUT2D eigenvalue weighted by Gasteiger charge is 2.29. The molecule has 23 heavy (non-hydrogen) atoms. The molecule has 0 saturated carbocycles. The summed E-state index contributed by atoms with van der Waals surface area (Å²) in [6, 6.07) is 7.94. The van der Waals surface area contributed by atoms with Crippen molar-refractivity contribution in [1.82, 2.24) is 4.90 Å². The molecule has 2 rings (SSSR count). The standard InChI is InChI=1S/C18H27ClN2O2/c1-18(2,3)23-17(22)21-9-7-14(8-10-21)16(20)12-13-5-4-6-15(19)11-13/h4-6,11,14,16H,7-10,12,20H2,1-3H3. The number of benzene rings is 1. The maximum absolute atomic E-state index is 12.1. The predicted octanol–water partition coefficient (Wildman–Crippen LogP) is 3.86. The third-order valence-corrected chi connectivity index (χ3v) is 4.39. The molecule has 1 aromatic carbocycles. The Labute approximate surface area is 143 Å². The van der Waals surface area contributed by atoms with Gasteiger partial charge in [0.15, 0.2) is 0 Å². The molecule has 1 atom stereocenters. The zero-order valence-electron chi connectivity index (χ0n) is 14.2. The number of halogens is 1. The van der Waals surface area contributed by atoms with Gasteiger partial charge < -0.3 is 15.4 Å². The van der Waals surface area contributed by atoms with Crippen LogP contribution in [0, 0.1) is 5.92 Å². The summed E-state index contributed by atoms with van der Waals surface area (Å²) in [5.74, 6) is 0.424. The highest BCUT2D eigenvalue weighted by Crippen LogP contribution is 2.24. The van der Waals surface area contributed by atoms with Crippen molar-refractivity contribution in [2.75, 3.05) is 13.1 Å². The number of carbonyl (C=O) groups excluding carboxylic acids is 1. The molecular formula is C18H27ClN2O2. The lowest BCUT2D eigenvalue weighted by Crippen LogP contribution is -2.45. The van der Waals surface area contributed by atoms with E-state index in [0.29, 0.717) is 19.0 Å². The van der Waals surface area contributed by atoms with E-state index in [1.54, 1.807) is 4.90 Å². The SMILES string of the molecule is CC(C)(C)OC(=O)N1CCC(C(N)Cc2cccc(Cl)c2)CC1. The number of hydrogen-bond donors (Lipinski definition) is 1. The Bertz CT molecular complexity index is 534. The molecule has 1 fully saturated rings. The number of likely N-dealkylation sites (tertiary alicyclic amines) is 1. The molecule has 0 aromatic heterocycles. The van der Waals surface area contributed by atoms with Gasteiger partial charge in [-0.1, -0.05) is 23.7 Å². The molecule has 4 nitrogen and oxygen atoms in total. The first-order valence-corrected chi connectivity index (χ1v) is 8.60. The van der Waals surface area contributed by atoms with Crippen molar-refractivity contribution in [2.45, 2.75) is 51.7 Å². The fraction of sp³-hybridized carbons (Fsp3) is 0.611. The van der Waals surface area contributed by atoms with E-state index in [9.17, 15) is 4.79 Å². The van der Waals surface area contributed by atoms with Crippen LogP contribution in [0.1, 0.15) is 39.2 Å². The molecule has 1 saturated heterocycles. The lowest BCUT2D eigenvalue weighted by molar-refractivity contribution is 0.0174. The highest BCUT2D eigenvalue weighted by atomic mass is 35.5. The number of rotatable bonds is 3. The summed E-state index contributed by atoms with van der Waals surface area (Å²) < 4.78 is 5.42. The second kappa shape index (κ2) is 7.54. The summed E-state index contributed by atoms with van der Waals surface area (Å²) in [5.41, 5.74) is 7.09. The average Bonchev–Trinajstić information content (AvgIpc) is 2.45. The Morgan fingerprint density at radius 3 is 2.61 bits per heavy atom. The van der Waals surface area contributed by atoms with E-state index in [-0.39, 0.29) is 12.1 Å². The maximum atomic E-state index is 12.1. The molecule has 2 N–H and O–H groups in total. The van der Waals surface area contributed by atoms with Crippen LogP contribution in [0.2, 0.25) is 5.02 Å². The zero-order valence-corrected chi connectivity index (χ0v) is 15.0. The normalized spacial score (nSPS) is 17.9. The van der Waals surface area contributed by atoms with E-state index in [1.165, 1.54) is 5.56 Å². The molecule has 0 bridgehead atoms. The molecule has 1 aliphatic heterocycles. The molecule has 0 spiro atoms. The maximum Gasteiger partial charge on any atom is 0.410 e. The minimum absolute atomic E-state index is 0.0919. The van der Waals surface area contributed by atoms with E-state index >= 15 is 0 Å². The van der Waals surface area contributed by atoms with Crippen LogP contribution in [0.15, 0.2) is 24.3 Å². The predicted molar refractivity (Wildman–Crippen MR) is 93.7 cm³/mol. The largest absolute Gasteiger partial charge is 0.444 e. The van der Waals surface area contributed by atoms with Crippen LogP contribution in [-0.4, -0.2) is 35.7 Å². The number of piperidine rings is 1. The molecule has 128 valence electrons. The molecule has 1 unspecified atom stereocenters. The first-order chi connectivity index (χ1) is 10.7. The summed E-state index contributed by atoms with van der Waals surface area (Å²) >= 11 is 6.02. The monoisotopic (exact) mass is 338 g/mol. The molecule has 0 aliphatic carbocycles. The number of nitrogens with two attached hydrogens (primary N) is 1. The molecular weight excluding hydrogens is 312 g/mol. The van der Waals surface area contributed by atoms with Gasteiger partial charge >= 0.3 is 6.09 Å². The van der Waals surface area contributed by atoms with E-state index in [4.69, 9.17) is 22.1 Å². The van der Waals surface area contributed by atoms with E-state index in [0.717, 1.165) is 24.3 Å². The second-order valence-electron chi connectivity index (χ2n) is 7.30. The van der Waals surface area contributed by atoms with Gasteiger partial charge in [-0.2, -0.15) is 0 Å². The Kier molecular flexibility index (Phi) is 5.93. The van der Waals surface area contributed by atoms with Crippen molar-refractivity contribution in [1.29, 1.82) is 0 Å². The van der Waals surface area contributed by atoms with Gasteiger partial charge in [0, 0.05) is 24.2 Å². The van der Waals surface area contributed by atoms with Crippen molar-refractivity contribution < 1.29 is 9.53 Å². The van der Waals surface area contributed by atoms with Gasteiger partial charge in [0.05, 0.1) is 0 Å². The number of amides is 1. The smallest absolute Gasteiger partial charge is 0.410 e. The van der Waals surface area contributed by atoms with E-state index in [1.807, 2.05) is 39.0 Å². The molecule has 0 radical (unpaired) electrons. The molecule has 1 heterocycles. The number of hydrogen-bond acceptors (Lipinski definition) is 3. The zero-order chi connectivity index (χ0) is 17.0. The van der Waals surface area contributed by atoms with Gasteiger partial charge in [-0.05, 0) is 63.6 Å². The van der Waals surface area contributed by atoms with Crippen LogP contribution in [0.3, 0.4) is 0 Å². The average molecular weight is 339 g/mol. The molecule has 5 heteroatoms.